The summed E-state index contributed by atoms with van der Waals surface area (Å²) in [6, 6.07) is 6.85. The highest BCUT2D eigenvalue weighted by atomic mass is 32.2. The van der Waals surface area contributed by atoms with Crippen molar-refractivity contribution in [3.05, 3.63) is 30.1 Å². The van der Waals surface area contributed by atoms with E-state index >= 15 is 0 Å². The van der Waals surface area contributed by atoms with Gasteiger partial charge in [-0.3, -0.25) is 0 Å². The minimum Gasteiger partial charge on any atom is -0.368 e. The molecule has 2 aliphatic heterocycles. The summed E-state index contributed by atoms with van der Waals surface area (Å²) in [5.74, 6) is 1.51. The van der Waals surface area contributed by atoms with Gasteiger partial charge in [0.05, 0.1) is 4.58 Å². The lowest BCUT2D eigenvalue weighted by atomic mass is 10.0. The number of benzene rings is 1. The smallest absolute Gasteiger partial charge is 0.123 e. The van der Waals surface area contributed by atoms with Gasteiger partial charge in [0, 0.05) is 22.0 Å². The molecule has 0 N–H and O–H groups in total. The molecule has 1 aromatic rings. The van der Waals surface area contributed by atoms with Gasteiger partial charge in [0.25, 0.3) is 0 Å². The Bertz CT molecular complexity index is 539. The highest BCUT2D eigenvalue weighted by molar-refractivity contribution is 8.17. The molecule has 0 spiro atoms. The molecular weight excluding hydrogens is 395 g/mol. The van der Waals surface area contributed by atoms with Crippen LogP contribution in [0.3, 0.4) is 0 Å². The maximum atomic E-state index is 12.8. The fourth-order valence-electron chi connectivity index (χ4n) is 3.71. The second-order valence-electron chi connectivity index (χ2n) is 7.48. The summed E-state index contributed by atoms with van der Waals surface area (Å²) in [4.78, 5) is 1.18. The van der Waals surface area contributed by atoms with E-state index in [0.717, 1.165) is 28.9 Å². The quantitative estimate of drug-likeness (QED) is 0.457. The monoisotopic (exact) mass is 430 g/mol. The maximum absolute atomic E-state index is 12.8. The Hall–Kier alpha value is 0.160. The highest BCUT2D eigenvalue weighted by Gasteiger charge is 2.31. The summed E-state index contributed by atoms with van der Waals surface area (Å²) < 4.78 is 19.0. The van der Waals surface area contributed by atoms with Crippen LogP contribution in [0.15, 0.2) is 29.2 Å². The predicted octanol–water partition coefficient (Wildman–Crippen LogP) is 7.70. The van der Waals surface area contributed by atoms with Gasteiger partial charge < -0.3 is 4.74 Å². The first-order valence-electron chi connectivity index (χ1n) is 10.3. The van der Waals surface area contributed by atoms with E-state index < -0.39 is 0 Å². The molecular formula is C22H35FOS3. The fraction of sp³-hybridized carbons (Fsp3) is 0.727. The number of thioether (sulfide) groups is 3. The lowest BCUT2D eigenvalue weighted by molar-refractivity contribution is 0.116. The number of hydrogen-bond acceptors (Lipinski definition) is 4. The molecule has 154 valence electrons. The Balaban J connectivity index is 0.000000208. The minimum absolute atomic E-state index is 0.150. The third-order valence-corrected chi connectivity index (χ3v) is 10.3. The Kier molecular flexibility index (Phi) is 10.4. The van der Waals surface area contributed by atoms with Gasteiger partial charge in [-0.15, -0.1) is 35.3 Å². The normalized spacial score (nSPS) is 33.0. The van der Waals surface area contributed by atoms with Crippen molar-refractivity contribution in [1.29, 1.82) is 0 Å². The third kappa shape index (κ3) is 7.49. The van der Waals surface area contributed by atoms with Crippen molar-refractivity contribution in [2.75, 3.05) is 6.61 Å². The first-order chi connectivity index (χ1) is 13.0. The SMILES string of the molecule is CCOC1C[C@H](C)[C@@H](CC)S1.CC[C@H]1SC(Sc2ccc(F)cc2)C[C@@H]1C. The minimum atomic E-state index is -0.150. The summed E-state index contributed by atoms with van der Waals surface area (Å²) in [5.41, 5.74) is 0.486. The van der Waals surface area contributed by atoms with Crippen LogP contribution < -0.4 is 0 Å². The maximum Gasteiger partial charge on any atom is 0.123 e. The van der Waals surface area contributed by atoms with E-state index in [0.29, 0.717) is 10.0 Å². The van der Waals surface area contributed by atoms with Gasteiger partial charge in [0.15, 0.2) is 0 Å². The molecule has 27 heavy (non-hydrogen) atoms. The van der Waals surface area contributed by atoms with Gasteiger partial charge in [-0.25, -0.2) is 4.39 Å². The molecule has 0 radical (unpaired) electrons. The average molecular weight is 431 g/mol. The Labute approximate surface area is 178 Å². The summed E-state index contributed by atoms with van der Waals surface area (Å²) in [6.07, 6.45) is 5.06. The fourth-order valence-corrected chi connectivity index (χ4v) is 8.66. The van der Waals surface area contributed by atoms with Crippen LogP contribution in [-0.4, -0.2) is 27.1 Å². The van der Waals surface area contributed by atoms with Crippen molar-refractivity contribution in [3.8, 4) is 0 Å². The van der Waals surface area contributed by atoms with E-state index in [1.807, 2.05) is 35.7 Å². The molecule has 0 bridgehead atoms. The highest BCUT2D eigenvalue weighted by Crippen LogP contribution is 2.47. The number of halogens is 1. The summed E-state index contributed by atoms with van der Waals surface area (Å²) in [7, 11) is 0. The Morgan fingerprint density at radius 3 is 2.07 bits per heavy atom. The Morgan fingerprint density at radius 1 is 0.963 bits per heavy atom. The van der Waals surface area contributed by atoms with Gasteiger partial charge in [0.1, 0.15) is 11.3 Å². The molecule has 2 saturated heterocycles. The van der Waals surface area contributed by atoms with Crippen LogP contribution in [0.2, 0.25) is 0 Å². The first kappa shape index (κ1) is 23.4. The van der Waals surface area contributed by atoms with Crippen LogP contribution in [0.25, 0.3) is 0 Å². The van der Waals surface area contributed by atoms with Crippen LogP contribution in [-0.2, 0) is 4.74 Å². The van der Waals surface area contributed by atoms with Crippen molar-refractivity contribution < 1.29 is 9.13 Å². The zero-order valence-electron chi connectivity index (χ0n) is 17.3. The Morgan fingerprint density at radius 2 is 1.56 bits per heavy atom. The molecule has 6 atom stereocenters. The van der Waals surface area contributed by atoms with Gasteiger partial charge in [0.2, 0.25) is 0 Å². The van der Waals surface area contributed by atoms with Crippen molar-refractivity contribution in [2.24, 2.45) is 11.8 Å². The second-order valence-corrected chi connectivity index (χ2v) is 11.9. The molecule has 3 rings (SSSR count). The standard InChI is InChI=1S/C13H17FS2.C9H18OS/c1-3-12-9(2)8-13(16-12)15-11-6-4-10(14)5-7-11;1-4-8-7(3)6-9(11-8)10-5-2/h4-7,9,12-13H,3,8H2,1-2H3;7-9H,4-6H2,1-3H3/t9-,12+,13?;7-,8+,9?/m00/s1. The molecule has 2 unspecified atom stereocenters. The van der Waals surface area contributed by atoms with Crippen LogP contribution >= 0.6 is 35.3 Å². The number of hydrogen-bond donors (Lipinski definition) is 0. The van der Waals surface area contributed by atoms with Crippen molar-refractivity contribution >= 4 is 35.3 Å². The largest absolute Gasteiger partial charge is 0.368 e. The van der Waals surface area contributed by atoms with Crippen LogP contribution in [0.5, 0.6) is 0 Å². The molecule has 0 amide bonds. The van der Waals surface area contributed by atoms with Gasteiger partial charge in [-0.1, -0.05) is 27.7 Å². The molecule has 2 aliphatic rings. The molecule has 2 fully saturated rings. The molecule has 2 heterocycles. The molecule has 0 aliphatic carbocycles. The van der Waals surface area contributed by atoms with Crippen LogP contribution in [0.4, 0.5) is 4.39 Å². The van der Waals surface area contributed by atoms with E-state index in [4.69, 9.17) is 4.74 Å². The lowest BCUT2D eigenvalue weighted by Crippen LogP contribution is -2.05. The van der Waals surface area contributed by atoms with Crippen molar-refractivity contribution in [3.63, 3.8) is 0 Å². The van der Waals surface area contributed by atoms with Crippen molar-refractivity contribution in [2.45, 2.75) is 85.7 Å². The van der Waals surface area contributed by atoms with E-state index in [1.165, 1.54) is 30.6 Å². The summed E-state index contributed by atoms with van der Waals surface area (Å²) >= 11 is 5.99. The predicted molar refractivity (Wildman–Crippen MR) is 122 cm³/mol. The van der Waals surface area contributed by atoms with Gasteiger partial charge >= 0.3 is 0 Å². The van der Waals surface area contributed by atoms with Gasteiger partial charge in [-0.05, 0) is 68.7 Å². The van der Waals surface area contributed by atoms with Crippen molar-refractivity contribution in [1.82, 2.24) is 0 Å². The van der Waals surface area contributed by atoms with E-state index in [-0.39, 0.29) is 5.82 Å². The lowest BCUT2D eigenvalue weighted by Gasteiger charge is -2.10. The number of ether oxygens (including phenoxy) is 1. The zero-order chi connectivity index (χ0) is 19.8. The van der Waals surface area contributed by atoms with E-state index in [9.17, 15) is 4.39 Å². The molecule has 0 saturated carbocycles. The second kappa shape index (κ2) is 12.0. The molecule has 0 aromatic heterocycles. The van der Waals surface area contributed by atoms with E-state index in [2.05, 4.69) is 46.4 Å². The zero-order valence-corrected chi connectivity index (χ0v) is 19.8. The first-order valence-corrected chi connectivity index (χ1v) is 13.1. The summed E-state index contributed by atoms with van der Waals surface area (Å²) in [5, 5.41) is 1.64. The van der Waals surface area contributed by atoms with Crippen LogP contribution in [0, 0.1) is 17.7 Å². The third-order valence-electron chi connectivity index (χ3n) is 5.29. The van der Waals surface area contributed by atoms with Gasteiger partial charge in [-0.2, -0.15) is 0 Å². The van der Waals surface area contributed by atoms with E-state index in [1.54, 1.807) is 12.1 Å². The van der Waals surface area contributed by atoms with Crippen LogP contribution in [0.1, 0.15) is 60.3 Å². The number of rotatable bonds is 6. The average Bonchev–Trinajstić information content (AvgIpc) is 3.19. The molecule has 5 heteroatoms. The summed E-state index contributed by atoms with van der Waals surface area (Å²) in [6.45, 7) is 12.1. The molecule has 1 nitrogen and oxygen atoms in total. The topological polar surface area (TPSA) is 9.23 Å². The molecule has 1 aromatic carbocycles.